The molecule has 19 heavy (non-hydrogen) atoms. The van der Waals surface area contributed by atoms with E-state index in [9.17, 15) is 4.79 Å². The van der Waals surface area contributed by atoms with Gasteiger partial charge < -0.3 is 4.74 Å². The van der Waals surface area contributed by atoms with Crippen LogP contribution >= 0.6 is 0 Å². The SMILES string of the molecule is CCC(CC)(CC)C(=O)Oc1c(C)cc(C)cc1C. The lowest BCUT2D eigenvalue weighted by molar-refractivity contribution is -0.146. The molecule has 1 aromatic rings. The van der Waals surface area contributed by atoms with E-state index in [0.717, 1.165) is 36.1 Å². The lowest BCUT2D eigenvalue weighted by Crippen LogP contribution is -2.33. The van der Waals surface area contributed by atoms with E-state index >= 15 is 0 Å². The molecule has 0 saturated heterocycles. The largest absolute Gasteiger partial charge is 0.426 e. The highest BCUT2D eigenvalue weighted by Crippen LogP contribution is 2.34. The number of rotatable bonds is 5. The summed E-state index contributed by atoms with van der Waals surface area (Å²) in [5, 5.41) is 0. The van der Waals surface area contributed by atoms with Gasteiger partial charge in [0.25, 0.3) is 0 Å². The molecule has 0 aliphatic carbocycles. The Kier molecular flexibility index (Phi) is 5.16. The van der Waals surface area contributed by atoms with Gasteiger partial charge in [-0.2, -0.15) is 0 Å². The van der Waals surface area contributed by atoms with E-state index in [0.29, 0.717) is 0 Å². The third-order valence-corrected chi connectivity index (χ3v) is 4.26. The summed E-state index contributed by atoms with van der Waals surface area (Å²) in [6.45, 7) is 12.2. The van der Waals surface area contributed by atoms with Crippen molar-refractivity contribution in [1.82, 2.24) is 0 Å². The average molecular weight is 262 g/mol. The van der Waals surface area contributed by atoms with Crippen LogP contribution in [-0.4, -0.2) is 5.97 Å². The first kappa shape index (κ1) is 15.7. The van der Waals surface area contributed by atoms with Gasteiger partial charge in [0.2, 0.25) is 0 Å². The van der Waals surface area contributed by atoms with Gasteiger partial charge in [-0.3, -0.25) is 4.79 Å². The Morgan fingerprint density at radius 2 is 1.42 bits per heavy atom. The molecular weight excluding hydrogens is 236 g/mol. The highest BCUT2D eigenvalue weighted by Gasteiger charge is 2.35. The van der Waals surface area contributed by atoms with Gasteiger partial charge in [-0.15, -0.1) is 0 Å². The third-order valence-electron chi connectivity index (χ3n) is 4.26. The van der Waals surface area contributed by atoms with E-state index in [1.54, 1.807) is 0 Å². The van der Waals surface area contributed by atoms with Gasteiger partial charge in [0, 0.05) is 0 Å². The van der Waals surface area contributed by atoms with Crippen LogP contribution in [0.15, 0.2) is 12.1 Å². The third kappa shape index (κ3) is 3.17. The zero-order valence-corrected chi connectivity index (χ0v) is 13.1. The minimum absolute atomic E-state index is 0.0879. The fourth-order valence-corrected chi connectivity index (χ4v) is 2.71. The van der Waals surface area contributed by atoms with Crippen LogP contribution in [-0.2, 0) is 4.79 Å². The Balaban J connectivity index is 3.06. The van der Waals surface area contributed by atoms with Crippen molar-refractivity contribution in [1.29, 1.82) is 0 Å². The van der Waals surface area contributed by atoms with Crippen molar-refractivity contribution < 1.29 is 9.53 Å². The van der Waals surface area contributed by atoms with Crippen LogP contribution in [0.4, 0.5) is 0 Å². The number of esters is 1. The normalized spacial score (nSPS) is 11.5. The van der Waals surface area contributed by atoms with Gasteiger partial charge in [-0.1, -0.05) is 38.5 Å². The van der Waals surface area contributed by atoms with Crippen LogP contribution in [0.2, 0.25) is 0 Å². The summed E-state index contributed by atoms with van der Waals surface area (Å²) in [6, 6.07) is 4.11. The number of carbonyl (C=O) groups excluding carboxylic acids is 1. The quantitative estimate of drug-likeness (QED) is 0.566. The Bertz CT molecular complexity index is 425. The lowest BCUT2D eigenvalue weighted by atomic mass is 9.80. The zero-order chi connectivity index (χ0) is 14.6. The Morgan fingerprint density at radius 1 is 1.00 bits per heavy atom. The fraction of sp³-hybridized carbons (Fsp3) is 0.588. The Morgan fingerprint density at radius 3 is 1.79 bits per heavy atom. The summed E-state index contributed by atoms with van der Waals surface area (Å²) in [5.41, 5.74) is 2.91. The van der Waals surface area contributed by atoms with Crippen molar-refractivity contribution in [3.63, 3.8) is 0 Å². The number of aryl methyl sites for hydroxylation is 3. The molecule has 0 heterocycles. The van der Waals surface area contributed by atoms with Crippen LogP contribution < -0.4 is 4.74 Å². The van der Waals surface area contributed by atoms with Crippen LogP contribution in [0.5, 0.6) is 5.75 Å². The summed E-state index contributed by atoms with van der Waals surface area (Å²) >= 11 is 0. The summed E-state index contributed by atoms with van der Waals surface area (Å²) in [5.74, 6) is 0.644. The number of carbonyl (C=O) groups is 1. The minimum atomic E-state index is -0.343. The van der Waals surface area contributed by atoms with Crippen LogP contribution in [0.3, 0.4) is 0 Å². The maximum Gasteiger partial charge on any atom is 0.317 e. The van der Waals surface area contributed by atoms with Crippen molar-refractivity contribution >= 4 is 5.97 Å². The molecule has 0 atom stereocenters. The molecule has 2 heteroatoms. The van der Waals surface area contributed by atoms with Gasteiger partial charge in [-0.25, -0.2) is 0 Å². The first-order valence-electron chi connectivity index (χ1n) is 7.20. The monoisotopic (exact) mass is 262 g/mol. The smallest absolute Gasteiger partial charge is 0.317 e. The number of benzene rings is 1. The molecule has 0 spiro atoms. The molecule has 0 N–H and O–H groups in total. The molecular formula is C17H26O2. The predicted molar refractivity (Wildman–Crippen MR) is 79.6 cm³/mol. The molecule has 106 valence electrons. The van der Waals surface area contributed by atoms with E-state index in [2.05, 4.69) is 39.8 Å². The molecule has 0 aliphatic rings. The number of hydrogen-bond donors (Lipinski definition) is 0. The number of hydrogen-bond acceptors (Lipinski definition) is 2. The topological polar surface area (TPSA) is 26.3 Å². The van der Waals surface area contributed by atoms with Gasteiger partial charge in [0.1, 0.15) is 5.75 Å². The maximum absolute atomic E-state index is 12.5. The first-order valence-corrected chi connectivity index (χ1v) is 7.20. The molecule has 0 saturated carbocycles. The van der Waals surface area contributed by atoms with E-state index in [1.807, 2.05) is 13.8 Å². The second kappa shape index (κ2) is 6.23. The Labute approximate surface area is 117 Å². The highest BCUT2D eigenvalue weighted by molar-refractivity contribution is 5.79. The second-order valence-corrected chi connectivity index (χ2v) is 5.46. The summed E-state index contributed by atoms with van der Waals surface area (Å²) in [4.78, 5) is 12.5. The molecule has 0 aromatic heterocycles. The van der Waals surface area contributed by atoms with Gasteiger partial charge in [-0.05, 0) is 51.2 Å². The summed E-state index contributed by atoms with van der Waals surface area (Å²) in [7, 11) is 0. The number of ether oxygens (including phenoxy) is 1. The molecule has 0 unspecified atom stereocenters. The Hall–Kier alpha value is -1.31. The molecule has 2 nitrogen and oxygen atoms in total. The van der Waals surface area contributed by atoms with Gasteiger partial charge >= 0.3 is 5.97 Å². The van der Waals surface area contributed by atoms with Crippen LogP contribution in [0.25, 0.3) is 0 Å². The summed E-state index contributed by atoms with van der Waals surface area (Å²) < 4.78 is 5.73. The zero-order valence-electron chi connectivity index (χ0n) is 13.1. The molecule has 1 rings (SSSR count). The standard InChI is InChI=1S/C17H26O2/c1-7-17(8-2,9-3)16(18)19-15-13(5)10-12(4)11-14(15)6/h10-11H,7-9H2,1-6H3. The lowest BCUT2D eigenvalue weighted by Gasteiger charge is -2.28. The highest BCUT2D eigenvalue weighted by atomic mass is 16.5. The van der Waals surface area contributed by atoms with Crippen LogP contribution in [0.1, 0.15) is 56.7 Å². The fourth-order valence-electron chi connectivity index (χ4n) is 2.71. The van der Waals surface area contributed by atoms with Crippen molar-refractivity contribution in [3.8, 4) is 5.75 Å². The molecule has 0 amide bonds. The predicted octanol–water partition coefficient (Wildman–Crippen LogP) is 4.73. The van der Waals surface area contributed by atoms with Gasteiger partial charge in [0.15, 0.2) is 0 Å². The van der Waals surface area contributed by atoms with Crippen molar-refractivity contribution in [2.75, 3.05) is 0 Å². The molecule has 0 radical (unpaired) electrons. The molecule has 0 bridgehead atoms. The molecule has 1 aromatic carbocycles. The average Bonchev–Trinajstić information content (AvgIpc) is 2.36. The molecule has 0 fully saturated rings. The first-order chi connectivity index (χ1) is 8.90. The van der Waals surface area contributed by atoms with Crippen molar-refractivity contribution in [2.24, 2.45) is 5.41 Å². The van der Waals surface area contributed by atoms with Crippen molar-refractivity contribution in [3.05, 3.63) is 28.8 Å². The van der Waals surface area contributed by atoms with E-state index in [4.69, 9.17) is 4.74 Å². The van der Waals surface area contributed by atoms with Gasteiger partial charge in [0.05, 0.1) is 5.41 Å². The maximum atomic E-state index is 12.5. The summed E-state index contributed by atoms with van der Waals surface area (Å²) in [6.07, 6.45) is 2.47. The van der Waals surface area contributed by atoms with E-state index < -0.39 is 0 Å². The van der Waals surface area contributed by atoms with Crippen molar-refractivity contribution in [2.45, 2.75) is 60.8 Å². The van der Waals surface area contributed by atoms with E-state index in [1.165, 1.54) is 5.56 Å². The van der Waals surface area contributed by atoms with E-state index in [-0.39, 0.29) is 11.4 Å². The molecule has 0 aliphatic heterocycles. The minimum Gasteiger partial charge on any atom is -0.426 e. The van der Waals surface area contributed by atoms with Crippen LogP contribution in [0, 0.1) is 26.2 Å². The second-order valence-electron chi connectivity index (χ2n) is 5.46.